The van der Waals surface area contributed by atoms with E-state index in [1.807, 2.05) is 32.3 Å². The Kier molecular flexibility index (Phi) is 10.4. The van der Waals surface area contributed by atoms with Gasteiger partial charge in [0.25, 0.3) is 0 Å². The molecule has 0 spiro atoms. The molecule has 2 atom stereocenters. The molecule has 1 aliphatic heterocycles. The maximum absolute atomic E-state index is 12.2. The van der Waals surface area contributed by atoms with Crippen LogP contribution in [0.15, 0.2) is 30.3 Å². The van der Waals surface area contributed by atoms with Gasteiger partial charge in [0.15, 0.2) is 0 Å². The molecule has 1 fully saturated rings. The van der Waals surface area contributed by atoms with E-state index in [1.54, 1.807) is 0 Å². The minimum atomic E-state index is 0. The first-order chi connectivity index (χ1) is 9.65. The zero-order valence-corrected chi connectivity index (χ0v) is 14.9. The van der Waals surface area contributed by atoms with Gasteiger partial charge in [0.05, 0.1) is 6.04 Å². The fourth-order valence-electron chi connectivity index (χ4n) is 2.69. The van der Waals surface area contributed by atoms with Crippen molar-refractivity contribution in [2.24, 2.45) is 5.92 Å². The third-order valence-corrected chi connectivity index (χ3v) is 3.72. The monoisotopic (exact) mass is 347 g/mol. The standard InChI is InChI=1S/C16H25N3O.2ClH/c1-19(2)12-15(14-6-4-3-5-7-14)18-16(20)10-13-8-9-17-11-13;;/h3-7,13,15,17H,8-12H2,1-2H3,(H,18,20);2*1H. The van der Waals surface area contributed by atoms with E-state index in [-0.39, 0.29) is 36.8 Å². The molecule has 1 aromatic carbocycles. The average molecular weight is 348 g/mol. The van der Waals surface area contributed by atoms with Crippen molar-refractivity contribution in [2.75, 3.05) is 33.7 Å². The predicted molar refractivity (Wildman–Crippen MR) is 96.0 cm³/mol. The maximum atomic E-state index is 12.2. The van der Waals surface area contributed by atoms with Crippen LogP contribution in [0.5, 0.6) is 0 Å². The first-order valence-electron chi connectivity index (χ1n) is 7.35. The molecule has 2 rings (SSSR count). The van der Waals surface area contributed by atoms with Crippen LogP contribution in [-0.2, 0) is 4.79 Å². The van der Waals surface area contributed by atoms with Crippen LogP contribution in [0.2, 0.25) is 0 Å². The first kappa shape index (κ1) is 21.2. The topological polar surface area (TPSA) is 44.4 Å². The van der Waals surface area contributed by atoms with Crippen molar-refractivity contribution in [1.29, 1.82) is 0 Å². The zero-order valence-electron chi connectivity index (χ0n) is 13.2. The lowest BCUT2D eigenvalue weighted by molar-refractivity contribution is -0.122. The normalized spacial score (nSPS) is 18.2. The highest BCUT2D eigenvalue weighted by molar-refractivity contribution is 5.85. The highest BCUT2D eigenvalue weighted by Crippen LogP contribution is 2.16. The van der Waals surface area contributed by atoms with Crippen LogP contribution in [0.25, 0.3) is 0 Å². The molecule has 0 radical (unpaired) electrons. The number of hydrogen-bond acceptors (Lipinski definition) is 3. The number of nitrogens with one attached hydrogen (secondary N) is 2. The summed E-state index contributed by atoms with van der Waals surface area (Å²) in [4.78, 5) is 14.3. The molecule has 0 aromatic heterocycles. The van der Waals surface area contributed by atoms with Gasteiger partial charge in [-0.1, -0.05) is 30.3 Å². The van der Waals surface area contributed by atoms with Gasteiger partial charge in [-0.25, -0.2) is 0 Å². The molecule has 1 heterocycles. The Labute approximate surface area is 145 Å². The summed E-state index contributed by atoms with van der Waals surface area (Å²) in [6.45, 7) is 2.83. The summed E-state index contributed by atoms with van der Waals surface area (Å²) in [7, 11) is 4.06. The summed E-state index contributed by atoms with van der Waals surface area (Å²) >= 11 is 0. The summed E-state index contributed by atoms with van der Waals surface area (Å²) in [5, 5.41) is 6.49. The average Bonchev–Trinajstić information content (AvgIpc) is 2.91. The van der Waals surface area contributed by atoms with Crippen LogP contribution in [0.1, 0.15) is 24.4 Å². The van der Waals surface area contributed by atoms with E-state index >= 15 is 0 Å². The summed E-state index contributed by atoms with van der Waals surface area (Å²) in [6, 6.07) is 10.3. The molecule has 0 aliphatic carbocycles. The molecule has 2 unspecified atom stereocenters. The number of nitrogens with zero attached hydrogens (tertiary/aromatic N) is 1. The Bertz CT molecular complexity index is 423. The van der Waals surface area contributed by atoms with Crippen molar-refractivity contribution in [2.45, 2.75) is 18.9 Å². The van der Waals surface area contributed by atoms with Gasteiger partial charge in [-0.05, 0) is 45.1 Å². The van der Waals surface area contributed by atoms with E-state index in [0.29, 0.717) is 12.3 Å². The number of likely N-dealkylation sites (N-methyl/N-ethyl adjacent to an activating group) is 1. The number of halogens is 2. The highest BCUT2D eigenvalue weighted by atomic mass is 35.5. The van der Waals surface area contributed by atoms with Gasteiger partial charge in [-0.15, -0.1) is 24.8 Å². The third kappa shape index (κ3) is 6.97. The number of carbonyl (C=O) groups is 1. The summed E-state index contributed by atoms with van der Waals surface area (Å²) in [5.41, 5.74) is 1.17. The number of benzene rings is 1. The number of hydrogen-bond donors (Lipinski definition) is 2. The number of rotatable bonds is 6. The molecule has 0 bridgehead atoms. The van der Waals surface area contributed by atoms with Crippen LogP contribution in [0, 0.1) is 5.92 Å². The lowest BCUT2D eigenvalue weighted by Gasteiger charge is -2.23. The molecular weight excluding hydrogens is 321 g/mol. The van der Waals surface area contributed by atoms with Crippen molar-refractivity contribution in [3.63, 3.8) is 0 Å². The van der Waals surface area contributed by atoms with Crippen molar-refractivity contribution >= 4 is 30.7 Å². The van der Waals surface area contributed by atoms with Gasteiger partial charge in [-0.2, -0.15) is 0 Å². The van der Waals surface area contributed by atoms with Gasteiger partial charge in [0.1, 0.15) is 0 Å². The van der Waals surface area contributed by atoms with Gasteiger partial charge in [-0.3, -0.25) is 4.79 Å². The van der Waals surface area contributed by atoms with Gasteiger partial charge in [0.2, 0.25) is 5.91 Å². The second-order valence-corrected chi connectivity index (χ2v) is 5.86. The summed E-state index contributed by atoms with van der Waals surface area (Å²) in [5.74, 6) is 0.653. The van der Waals surface area contributed by atoms with Crippen molar-refractivity contribution in [1.82, 2.24) is 15.5 Å². The minimum absolute atomic E-state index is 0. The molecule has 6 heteroatoms. The van der Waals surface area contributed by atoms with E-state index in [1.165, 1.54) is 5.56 Å². The van der Waals surface area contributed by atoms with E-state index in [2.05, 4.69) is 27.7 Å². The van der Waals surface area contributed by atoms with Crippen LogP contribution >= 0.6 is 24.8 Å². The van der Waals surface area contributed by atoms with Crippen LogP contribution in [0.3, 0.4) is 0 Å². The Hall–Kier alpha value is -0.810. The molecule has 1 amide bonds. The van der Waals surface area contributed by atoms with Gasteiger partial charge in [0, 0.05) is 13.0 Å². The SMILES string of the molecule is CN(C)CC(NC(=O)CC1CCNC1)c1ccccc1.Cl.Cl. The smallest absolute Gasteiger partial charge is 0.220 e. The molecule has 1 aliphatic rings. The van der Waals surface area contributed by atoms with E-state index in [0.717, 1.165) is 26.1 Å². The van der Waals surface area contributed by atoms with E-state index in [4.69, 9.17) is 0 Å². The van der Waals surface area contributed by atoms with E-state index < -0.39 is 0 Å². The van der Waals surface area contributed by atoms with Crippen LogP contribution in [-0.4, -0.2) is 44.5 Å². The minimum Gasteiger partial charge on any atom is -0.348 e. The molecule has 4 nitrogen and oxygen atoms in total. The molecule has 2 N–H and O–H groups in total. The Morgan fingerprint density at radius 2 is 2.00 bits per heavy atom. The van der Waals surface area contributed by atoms with Crippen molar-refractivity contribution in [3.8, 4) is 0 Å². The Morgan fingerprint density at radius 1 is 1.32 bits per heavy atom. The number of amides is 1. The Balaban J connectivity index is 0.00000220. The van der Waals surface area contributed by atoms with Crippen LogP contribution in [0.4, 0.5) is 0 Å². The van der Waals surface area contributed by atoms with Crippen molar-refractivity contribution in [3.05, 3.63) is 35.9 Å². The zero-order chi connectivity index (χ0) is 14.4. The quantitative estimate of drug-likeness (QED) is 0.829. The Morgan fingerprint density at radius 3 is 2.55 bits per heavy atom. The second kappa shape index (κ2) is 10.8. The molecule has 1 saturated heterocycles. The fraction of sp³-hybridized carbons (Fsp3) is 0.562. The van der Waals surface area contributed by atoms with Gasteiger partial charge >= 0.3 is 0 Å². The number of carbonyl (C=O) groups excluding carboxylic acids is 1. The highest BCUT2D eigenvalue weighted by Gasteiger charge is 2.21. The predicted octanol–water partition coefficient (Wildman–Crippen LogP) is 2.25. The first-order valence-corrected chi connectivity index (χ1v) is 7.35. The fourth-order valence-corrected chi connectivity index (χ4v) is 2.69. The van der Waals surface area contributed by atoms with Gasteiger partial charge < -0.3 is 15.5 Å². The molecular formula is C16H27Cl2N3O. The summed E-state index contributed by atoms with van der Waals surface area (Å²) in [6.07, 6.45) is 1.74. The molecule has 126 valence electrons. The lowest BCUT2D eigenvalue weighted by Crippen LogP contribution is -2.36. The maximum Gasteiger partial charge on any atom is 0.220 e. The molecule has 0 saturated carbocycles. The molecule has 1 aromatic rings. The third-order valence-electron chi connectivity index (χ3n) is 3.72. The van der Waals surface area contributed by atoms with Crippen LogP contribution < -0.4 is 10.6 Å². The summed E-state index contributed by atoms with van der Waals surface area (Å²) < 4.78 is 0. The van der Waals surface area contributed by atoms with Crippen molar-refractivity contribution < 1.29 is 4.79 Å². The molecule has 22 heavy (non-hydrogen) atoms. The lowest BCUT2D eigenvalue weighted by atomic mass is 10.0. The second-order valence-electron chi connectivity index (χ2n) is 5.86. The largest absolute Gasteiger partial charge is 0.348 e. The van der Waals surface area contributed by atoms with E-state index in [9.17, 15) is 4.79 Å².